The zero-order valence-corrected chi connectivity index (χ0v) is 10.4. The van der Waals surface area contributed by atoms with Gasteiger partial charge in [-0.25, -0.2) is 0 Å². The van der Waals surface area contributed by atoms with Crippen molar-refractivity contribution in [3.8, 4) is 0 Å². The van der Waals surface area contributed by atoms with Gasteiger partial charge in [-0.3, -0.25) is 24.3 Å². The summed E-state index contributed by atoms with van der Waals surface area (Å²) in [6.45, 7) is 1.16. The molecular weight excluding hydrogens is 252 g/mol. The molecule has 0 radical (unpaired) electrons. The van der Waals surface area contributed by atoms with Crippen LogP contribution in [0.2, 0.25) is 0 Å². The van der Waals surface area contributed by atoms with Gasteiger partial charge in [0, 0.05) is 6.20 Å². The van der Waals surface area contributed by atoms with Crippen molar-refractivity contribution in [2.75, 3.05) is 6.54 Å². The third-order valence-corrected chi connectivity index (χ3v) is 3.13. The van der Waals surface area contributed by atoms with Gasteiger partial charge in [-0.2, -0.15) is 0 Å². The minimum Gasteiger partial charge on any atom is -0.298 e. The zero-order valence-electron chi connectivity index (χ0n) is 9.62. The number of rotatable bonds is 3. The van der Waals surface area contributed by atoms with E-state index in [9.17, 15) is 14.4 Å². The number of amides is 2. The van der Waals surface area contributed by atoms with Crippen molar-refractivity contribution in [3.63, 3.8) is 0 Å². The van der Waals surface area contributed by atoms with E-state index < -0.39 is 11.1 Å². The molecule has 1 fully saturated rings. The number of carbonyl (C=O) groups excluding carboxylic acids is 3. The molecule has 2 amide bonds. The van der Waals surface area contributed by atoms with Crippen LogP contribution < -0.4 is 0 Å². The third-order valence-electron chi connectivity index (χ3n) is 2.22. The summed E-state index contributed by atoms with van der Waals surface area (Å²) in [5, 5.41) is -0.419. The van der Waals surface area contributed by atoms with Gasteiger partial charge in [-0.05, 0) is 36.9 Å². The molecule has 0 aromatic carbocycles. The summed E-state index contributed by atoms with van der Waals surface area (Å²) in [4.78, 5) is 39.7. The predicted molar refractivity (Wildman–Crippen MR) is 67.6 cm³/mol. The Morgan fingerprint density at radius 3 is 2.83 bits per heavy atom. The second kappa shape index (κ2) is 5.14. The first-order chi connectivity index (χ1) is 8.58. The van der Waals surface area contributed by atoms with Crippen molar-refractivity contribution in [3.05, 3.63) is 35.0 Å². The number of carbonyl (C=O) groups is 3. The van der Waals surface area contributed by atoms with Gasteiger partial charge in [0.2, 0.25) is 0 Å². The SMILES string of the molecule is CC(=O)CN1C(=O)S/C(=C\c2ccccn2)C1=O. The molecule has 0 aliphatic carbocycles. The molecule has 2 rings (SSSR count). The van der Waals surface area contributed by atoms with Crippen LogP contribution in [0.4, 0.5) is 4.79 Å². The Labute approximate surface area is 108 Å². The number of thioether (sulfide) groups is 1. The van der Waals surface area contributed by atoms with E-state index in [0.29, 0.717) is 10.6 Å². The van der Waals surface area contributed by atoms with E-state index in [1.165, 1.54) is 6.92 Å². The Bertz CT molecular complexity index is 540. The van der Waals surface area contributed by atoms with E-state index in [1.807, 2.05) is 0 Å². The summed E-state index contributed by atoms with van der Waals surface area (Å²) in [5.74, 6) is -0.665. The molecule has 1 aliphatic rings. The smallest absolute Gasteiger partial charge is 0.293 e. The summed E-state index contributed by atoms with van der Waals surface area (Å²) in [7, 11) is 0. The van der Waals surface area contributed by atoms with Crippen LogP contribution in [-0.2, 0) is 9.59 Å². The molecule has 0 spiro atoms. The fourth-order valence-electron chi connectivity index (χ4n) is 1.45. The molecule has 92 valence electrons. The molecule has 18 heavy (non-hydrogen) atoms. The highest BCUT2D eigenvalue weighted by Gasteiger charge is 2.35. The lowest BCUT2D eigenvalue weighted by Gasteiger charge is -2.08. The normalized spacial score (nSPS) is 17.6. The highest BCUT2D eigenvalue weighted by molar-refractivity contribution is 8.18. The van der Waals surface area contributed by atoms with Gasteiger partial charge in [-0.1, -0.05) is 6.07 Å². The Morgan fingerprint density at radius 1 is 1.44 bits per heavy atom. The molecule has 6 heteroatoms. The molecular formula is C12H10N2O3S. The zero-order chi connectivity index (χ0) is 13.1. The largest absolute Gasteiger partial charge is 0.298 e. The van der Waals surface area contributed by atoms with Gasteiger partial charge in [0.15, 0.2) is 0 Å². The summed E-state index contributed by atoms with van der Waals surface area (Å²) in [6.07, 6.45) is 3.15. The van der Waals surface area contributed by atoms with Gasteiger partial charge in [0.1, 0.15) is 5.78 Å². The van der Waals surface area contributed by atoms with E-state index >= 15 is 0 Å². The molecule has 0 saturated carbocycles. The average Bonchev–Trinajstić information content (AvgIpc) is 2.58. The maximum atomic E-state index is 11.9. The van der Waals surface area contributed by atoms with Crippen LogP contribution in [0.5, 0.6) is 0 Å². The van der Waals surface area contributed by atoms with Crippen LogP contribution >= 0.6 is 11.8 Å². The van der Waals surface area contributed by atoms with Crippen molar-refractivity contribution in [1.29, 1.82) is 0 Å². The Hall–Kier alpha value is -1.95. The van der Waals surface area contributed by atoms with Crippen LogP contribution in [0.1, 0.15) is 12.6 Å². The minimum absolute atomic E-state index is 0.176. The lowest BCUT2D eigenvalue weighted by atomic mass is 10.3. The third kappa shape index (κ3) is 2.65. The fraction of sp³-hybridized carbons (Fsp3) is 0.167. The summed E-state index contributed by atoms with van der Waals surface area (Å²) >= 11 is 0.825. The monoisotopic (exact) mass is 262 g/mol. The van der Waals surface area contributed by atoms with Crippen LogP contribution in [-0.4, -0.2) is 33.4 Å². The number of nitrogens with zero attached hydrogens (tertiary/aromatic N) is 2. The molecule has 1 aliphatic heterocycles. The number of ketones is 1. The molecule has 1 aromatic rings. The number of hydrogen-bond acceptors (Lipinski definition) is 5. The maximum Gasteiger partial charge on any atom is 0.293 e. The van der Waals surface area contributed by atoms with E-state index in [4.69, 9.17) is 0 Å². The Morgan fingerprint density at radius 2 is 2.22 bits per heavy atom. The molecule has 0 unspecified atom stereocenters. The molecule has 0 N–H and O–H groups in total. The number of aromatic nitrogens is 1. The van der Waals surface area contributed by atoms with Gasteiger partial charge in [0.05, 0.1) is 17.1 Å². The van der Waals surface area contributed by atoms with E-state index in [-0.39, 0.29) is 12.3 Å². The standard InChI is InChI=1S/C12H10N2O3S/c1-8(15)7-14-11(16)10(18-12(14)17)6-9-4-2-3-5-13-9/h2-6H,7H2,1H3/b10-6-. The molecule has 2 heterocycles. The van der Waals surface area contributed by atoms with Gasteiger partial charge < -0.3 is 0 Å². The molecule has 0 bridgehead atoms. The Balaban J connectivity index is 2.23. The van der Waals surface area contributed by atoms with Crippen LogP contribution in [0, 0.1) is 0 Å². The second-order valence-electron chi connectivity index (χ2n) is 3.72. The predicted octanol–water partition coefficient (Wildman–Crippen LogP) is 1.71. The highest BCUT2D eigenvalue weighted by Crippen LogP contribution is 2.31. The lowest BCUT2D eigenvalue weighted by Crippen LogP contribution is -2.32. The molecule has 1 aromatic heterocycles. The topological polar surface area (TPSA) is 67.3 Å². The number of imide groups is 1. The van der Waals surface area contributed by atoms with Crippen LogP contribution in [0.3, 0.4) is 0 Å². The second-order valence-corrected chi connectivity index (χ2v) is 4.72. The van der Waals surface area contributed by atoms with Crippen molar-refractivity contribution in [2.24, 2.45) is 0 Å². The van der Waals surface area contributed by atoms with Crippen molar-refractivity contribution in [1.82, 2.24) is 9.88 Å². The summed E-state index contributed by atoms with van der Waals surface area (Å²) < 4.78 is 0. The van der Waals surface area contributed by atoms with Crippen LogP contribution in [0.15, 0.2) is 29.3 Å². The number of pyridine rings is 1. The first-order valence-corrected chi connectivity index (χ1v) is 6.05. The van der Waals surface area contributed by atoms with Crippen molar-refractivity contribution in [2.45, 2.75) is 6.92 Å². The molecule has 5 nitrogen and oxygen atoms in total. The Kier molecular flexibility index (Phi) is 3.57. The van der Waals surface area contributed by atoms with E-state index in [2.05, 4.69) is 4.98 Å². The van der Waals surface area contributed by atoms with E-state index in [0.717, 1.165) is 16.7 Å². The number of hydrogen-bond donors (Lipinski definition) is 0. The average molecular weight is 262 g/mol. The maximum absolute atomic E-state index is 11.9. The minimum atomic E-state index is -0.439. The first kappa shape index (κ1) is 12.5. The van der Waals surface area contributed by atoms with Gasteiger partial charge in [0.25, 0.3) is 11.1 Å². The molecule has 1 saturated heterocycles. The van der Waals surface area contributed by atoms with Crippen molar-refractivity contribution >= 4 is 34.8 Å². The number of Topliss-reactive ketones (excluding diaryl/α,β-unsaturated/α-hetero) is 1. The van der Waals surface area contributed by atoms with Gasteiger partial charge in [-0.15, -0.1) is 0 Å². The van der Waals surface area contributed by atoms with Gasteiger partial charge >= 0.3 is 0 Å². The van der Waals surface area contributed by atoms with Crippen LogP contribution in [0.25, 0.3) is 6.08 Å². The fourth-order valence-corrected chi connectivity index (χ4v) is 2.28. The lowest BCUT2D eigenvalue weighted by molar-refractivity contribution is -0.127. The quantitative estimate of drug-likeness (QED) is 0.776. The van der Waals surface area contributed by atoms with Crippen molar-refractivity contribution < 1.29 is 14.4 Å². The highest BCUT2D eigenvalue weighted by atomic mass is 32.2. The summed E-state index contributed by atoms with van der Waals surface area (Å²) in [6, 6.07) is 5.29. The van der Waals surface area contributed by atoms with E-state index in [1.54, 1.807) is 30.5 Å². The first-order valence-electron chi connectivity index (χ1n) is 5.24. The molecule has 0 atom stereocenters. The summed E-state index contributed by atoms with van der Waals surface area (Å²) in [5.41, 5.74) is 0.603.